The zero-order valence-corrected chi connectivity index (χ0v) is 14.9. The fourth-order valence-electron chi connectivity index (χ4n) is 2.44. The first-order valence-corrected chi connectivity index (χ1v) is 8.19. The maximum atomic E-state index is 12.3. The lowest BCUT2D eigenvalue weighted by atomic mass is 10.1. The molecule has 6 nitrogen and oxygen atoms in total. The molecule has 0 atom stereocenters. The molecule has 0 fully saturated rings. The molecule has 0 saturated heterocycles. The van der Waals surface area contributed by atoms with Crippen molar-refractivity contribution in [2.24, 2.45) is 0 Å². The summed E-state index contributed by atoms with van der Waals surface area (Å²) in [6.07, 6.45) is 0. The molecule has 3 rings (SSSR count). The molecule has 26 heavy (non-hydrogen) atoms. The Labute approximate surface area is 152 Å². The molecule has 0 radical (unpaired) electrons. The fourth-order valence-corrected chi connectivity index (χ4v) is 2.44. The number of nitrogens with zero attached hydrogens (tertiary/aromatic N) is 2. The quantitative estimate of drug-likeness (QED) is 0.726. The molecule has 0 aliphatic heterocycles. The van der Waals surface area contributed by atoms with Gasteiger partial charge < -0.3 is 15.4 Å². The van der Waals surface area contributed by atoms with E-state index in [-0.39, 0.29) is 11.6 Å². The number of benzene rings is 2. The second kappa shape index (κ2) is 7.65. The maximum Gasteiger partial charge on any atom is 0.276 e. The van der Waals surface area contributed by atoms with Gasteiger partial charge in [-0.05, 0) is 55.3 Å². The SMILES string of the molecule is COc1cccc(NC(=O)c2ccc(Nc3cccc(C)c3C)nn2)c1. The molecule has 2 aromatic carbocycles. The largest absolute Gasteiger partial charge is 0.497 e. The van der Waals surface area contributed by atoms with Crippen LogP contribution < -0.4 is 15.4 Å². The number of ether oxygens (including phenoxy) is 1. The van der Waals surface area contributed by atoms with E-state index < -0.39 is 0 Å². The summed E-state index contributed by atoms with van der Waals surface area (Å²) in [5, 5.41) is 14.1. The van der Waals surface area contributed by atoms with Gasteiger partial charge in [0.05, 0.1) is 7.11 Å². The van der Waals surface area contributed by atoms with Crippen molar-refractivity contribution in [1.29, 1.82) is 0 Å². The number of methoxy groups -OCH3 is 1. The number of aromatic nitrogens is 2. The number of hydrogen-bond donors (Lipinski definition) is 2. The Morgan fingerprint density at radius 3 is 2.54 bits per heavy atom. The van der Waals surface area contributed by atoms with Crippen molar-refractivity contribution in [3.63, 3.8) is 0 Å². The Morgan fingerprint density at radius 1 is 1.00 bits per heavy atom. The summed E-state index contributed by atoms with van der Waals surface area (Å²) in [4.78, 5) is 12.3. The topological polar surface area (TPSA) is 76.1 Å². The summed E-state index contributed by atoms with van der Waals surface area (Å²) >= 11 is 0. The van der Waals surface area contributed by atoms with Gasteiger partial charge in [-0.25, -0.2) is 0 Å². The maximum absolute atomic E-state index is 12.3. The fraction of sp³-hybridized carbons (Fsp3) is 0.150. The Hall–Kier alpha value is -3.41. The van der Waals surface area contributed by atoms with E-state index in [0.29, 0.717) is 17.3 Å². The second-order valence-corrected chi connectivity index (χ2v) is 5.86. The van der Waals surface area contributed by atoms with Gasteiger partial charge in [0.1, 0.15) is 5.75 Å². The minimum Gasteiger partial charge on any atom is -0.497 e. The average Bonchev–Trinajstić information content (AvgIpc) is 2.66. The first kappa shape index (κ1) is 17.4. The van der Waals surface area contributed by atoms with E-state index in [9.17, 15) is 4.79 Å². The first-order chi connectivity index (χ1) is 12.6. The van der Waals surface area contributed by atoms with Crippen molar-refractivity contribution >= 4 is 23.1 Å². The number of aryl methyl sites for hydroxylation is 1. The van der Waals surface area contributed by atoms with Crippen molar-refractivity contribution < 1.29 is 9.53 Å². The summed E-state index contributed by atoms with van der Waals surface area (Å²) in [7, 11) is 1.58. The summed E-state index contributed by atoms with van der Waals surface area (Å²) in [6, 6.07) is 16.5. The number of carbonyl (C=O) groups is 1. The van der Waals surface area contributed by atoms with Gasteiger partial charge in [0.25, 0.3) is 5.91 Å². The van der Waals surface area contributed by atoms with Crippen molar-refractivity contribution in [2.45, 2.75) is 13.8 Å². The van der Waals surface area contributed by atoms with Crippen LogP contribution in [-0.2, 0) is 0 Å². The standard InChI is InChI=1S/C20H20N4O2/c1-13-6-4-9-17(14(13)2)22-19-11-10-18(23-24-19)20(25)21-15-7-5-8-16(12-15)26-3/h4-12H,1-3H3,(H,21,25)(H,22,24). The monoisotopic (exact) mass is 348 g/mol. The summed E-state index contributed by atoms with van der Waals surface area (Å²) in [5.41, 5.74) is 4.17. The Morgan fingerprint density at radius 2 is 1.81 bits per heavy atom. The van der Waals surface area contributed by atoms with Crippen LogP contribution in [0.4, 0.5) is 17.2 Å². The predicted molar refractivity (Wildman–Crippen MR) is 102 cm³/mol. The van der Waals surface area contributed by atoms with Gasteiger partial charge in [0.2, 0.25) is 0 Å². The predicted octanol–water partition coefficient (Wildman–Crippen LogP) is 4.10. The van der Waals surface area contributed by atoms with E-state index in [1.807, 2.05) is 25.1 Å². The van der Waals surface area contributed by atoms with Crippen LogP contribution in [0.3, 0.4) is 0 Å². The van der Waals surface area contributed by atoms with Crippen LogP contribution in [0.5, 0.6) is 5.75 Å². The van der Waals surface area contributed by atoms with Crippen molar-refractivity contribution in [3.8, 4) is 5.75 Å². The highest BCUT2D eigenvalue weighted by Gasteiger charge is 2.10. The van der Waals surface area contributed by atoms with Crippen LogP contribution in [0, 0.1) is 13.8 Å². The van der Waals surface area contributed by atoms with E-state index in [4.69, 9.17) is 4.74 Å². The molecule has 132 valence electrons. The third-order valence-corrected chi connectivity index (χ3v) is 4.09. The third-order valence-electron chi connectivity index (χ3n) is 4.09. The number of carbonyl (C=O) groups excluding carboxylic acids is 1. The van der Waals surface area contributed by atoms with Crippen LogP contribution in [0.2, 0.25) is 0 Å². The van der Waals surface area contributed by atoms with Crippen LogP contribution in [-0.4, -0.2) is 23.2 Å². The number of nitrogens with one attached hydrogen (secondary N) is 2. The number of amides is 1. The van der Waals surface area contributed by atoms with Crippen molar-refractivity contribution in [1.82, 2.24) is 10.2 Å². The zero-order valence-electron chi connectivity index (χ0n) is 14.9. The summed E-state index contributed by atoms with van der Waals surface area (Å²) in [5.74, 6) is 0.919. The minimum atomic E-state index is -0.330. The number of hydrogen-bond acceptors (Lipinski definition) is 5. The van der Waals surface area contributed by atoms with Crippen LogP contribution in [0.1, 0.15) is 21.6 Å². The lowest BCUT2D eigenvalue weighted by Gasteiger charge is -2.10. The average molecular weight is 348 g/mol. The first-order valence-electron chi connectivity index (χ1n) is 8.19. The molecule has 6 heteroatoms. The van der Waals surface area contributed by atoms with Gasteiger partial charge >= 0.3 is 0 Å². The van der Waals surface area contributed by atoms with Crippen LogP contribution in [0.15, 0.2) is 54.6 Å². The van der Waals surface area contributed by atoms with Crippen molar-refractivity contribution in [2.75, 3.05) is 17.7 Å². The normalized spacial score (nSPS) is 10.3. The summed E-state index contributed by atoms with van der Waals surface area (Å²) < 4.78 is 5.14. The molecule has 1 aromatic heterocycles. The summed E-state index contributed by atoms with van der Waals surface area (Å²) in [6.45, 7) is 4.10. The molecule has 0 aliphatic rings. The van der Waals surface area contributed by atoms with E-state index in [0.717, 1.165) is 11.3 Å². The van der Waals surface area contributed by atoms with Gasteiger partial charge in [-0.15, -0.1) is 10.2 Å². The molecule has 0 bridgehead atoms. The highest BCUT2D eigenvalue weighted by Crippen LogP contribution is 2.21. The van der Waals surface area contributed by atoms with E-state index in [2.05, 4.69) is 33.8 Å². The highest BCUT2D eigenvalue weighted by molar-refractivity contribution is 6.02. The Bertz CT molecular complexity index is 923. The number of anilines is 3. The highest BCUT2D eigenvalue weighted by atomic mass is 16.5. The van der Waals surface area contributed by atoms with Crippen LogP contribution >= 0.6 is 0 Å². The Balaban J connectivity index is 1.70. The van der Waals surface area contributed by atoms with E-state index in [1.54, 1.807) is 37.4 Å². The zero-order chi connectivity index (χ0) is 18.5. The lowest BCUT2D eigenvalue weighted by molar-refractivity contribution is 0.102. The van der Waals surface area contributed by atoms with Gasteiger partial charge in [-0.3, -0.25) is 4.79 Å². The molecule has 3 aromatic rings. The smallest absolute Gasteiger partial charge is 0.276 e. The van der Waals surface area contributed by atoms with E-state index >= 15 is 0 Å². The molecule has 0 spiro atoms. The minimum absolute atomic E-state index is 0.235. The lowest BCUT2D eigenvalue weighted by Crippen LogP contribution is -2.14. The van der Waals surface area contributed by atoms with Gasteiger partial charge in [0, 0.05) is 17.4 Å². The third kappa shape index (κ3) is 3.97. The van der Waals surface area contributed by atoms with Gasteiger partial charge in [-0.1, -0.05) is 18.2 Å². The molecule has 0 aliphatic carbocycles. The van der Waals surface area contributed by atoms with E-state index in [1.165, 1.54) is 5.56 Å². The molecular weight excluding hydrogens is 328 g/mol. The molecular formula is C20H20N4O2. The van der Waals surface area contributed by atoms with Gasteiger partial charge in [-0.2, -0.15) is 0 Å². The molecule has 2 N–H and O–H groups in total. The van der Waals surface area contributed by atoms with Crippen molar-refractivity contribution in [3.05, 3.63) is 71.4 Å². The molecule has 0 saturated carbocycles. The second-order valence-electron chi connectivity index (χ2n) is 5.86. The van der Waals surface area contributed by atoms with Crippen LogP contribution in [0.25, 0.3) is 0 Å². The molecule has 0 unspecified atom stereocenters. The number of rotatable bonds is 5. The molecule has 1 amide bonds. The molecule has 1 heterocycles. The Kier molecular flexibility index (Phi) is 5.12. The van der Waals surface area contributed by atoms with Gasteiger partial charge in [0.15, 0.2) is 11.5 Å².